The highest BCUT2D eigenvalue weighted by Gasteiger charge is 2.24. The molecule has 0 aromatic heterocycles. The molecule has 0 aromatic rings. The van der Waals surface area contributed by atoms with Gasteiger partial charge in [0, 0.05) is 6.61 Å². The zero-order valence-corrected chi connectivity index (χ0v) is 9.05. The lowest BCUT2D eigenvalue weighted by molar-refractivity contribution is 0.0322. The summed E-state index contributed by atoms with van der Waals surface area (Å²) in [4.78, 5) is 0. The van der Waals surface area contributed by atoms with Crippen LogP contribution in [-0.4, -0.2) is 23.9 Å². The molecular formula is C11H22O2. The first-order chi connectivity index (χ1) is 6.00. The molecule has 0 bridgehead atoms. The van der Waals surface area contributed by atoms with Crippen LogP contribution in [0, 0.1) is 5.41 Å². The Morgan fingerprint density at radius 3 is 2.62 bits per heavy atom. The summed E-state index contributed by atoms with van der Waals surface area (Å²) < 4.78 is 5.50. The molecule has 78 valence electrons. The molecule has 0 aromatic carbocycles. The summed E-state index contributed by atoms with van der Waals surface area (Å²) in [6, 6.07) is 0. The Hall–Kier alpha value is -0.0800. The van der Waals surface area contributed by atoms with E-state index in [1.807, 2.05) is 0 Å². The maximum Gasteiger partial charge on any atom is 0.0589 e. The first-order valence-electron chi connectivity index (χ1n) is 5.30. The minimum Gasteiger partial charge on any atom is -0.393 e. The topological polar surface area (TPSA) is 29.5 Å². The van der Waals surface area contributed by atoms with E-state index in [4.69, 9.17) is 4.74 Å². The molecule has 2 unspecified atom stereocenters. The van der Waals surface area contributed by atoms with Crippen LogP contribution in [0.4, 0.5) is 0 Å². The fraction of sp³-hybridized carbons (Fsp3) is 1.00. The van der Waals surface area contributed by atoms with Gasteiger partial charge in [0.1, 0.15) is 0 Å². The molecule has 1 N–H and O–H groups in total. The lowest BCUT2D eigenvalue weighted by atomic mass is 9.86. The molecule has 2 nitrogen and oxygen atoms in total. The van der Waals surface area contributed by atoms with Gasteiger partial charge in [0.05, 0.1) is 12.2 Å². The van der Waals surface area contributed by atoms with Gasteiger partial charge in [-0.15, -0.1) is 0 Å². The summed E-state index contributed by atoms with van der Waals surface area (Å²) >= 11 is 0. The van der Waals surface area contributed by atoms with Crippen molar-refractivity contribution < 1.29 is 9.84 Å². The highest BCUT2D eigenvalue weighted by Crippen LogP contribution is 2.25. The van der Waals surface area contributed by atoms with Gasteiger partial charge < -0.3 is 9.84 Å². The maximum atomic E-state index is 9.79. The van der Waals surface area contributed by atoms with Crippen molar-refractivity contribution >= 4 is 0 Å². The van der Waals surface area contributed by atoms with Crippen molar-refractivity contribution in [1.29, 1.82) is 0 Å². The van der Waals surface area contributed by atoms with Crippen molar-refractivity contribution in [2.24, 2.45) is 5.41 Å². The molecule has 1 aliphatic heterocycles. The molecule has 1 heterocycles. The third kappa shape index (κ3) is 3.65. The van der Waals surface area contributed by atoms with Crippen molar-refractivity contribution in [1.82, 2.24) is 0 Å². The number of rotatable bonds is 3. The Morgan fingerprint density at radius 1 is 1.46 bits per heavy atom. The van der Waals surface area contributed by atoms with E-state index in [2.05, 4.69) is 20.8 Å². The van der Waals surface area contributed by atoms with Gasteiger partial charge in [-0.1, -0.05) is 20.8 Å². The molecule has 0 saturated carbocycles. The monoisotopic (exact) mass is 186 g/mol. The Labute approximate surface area is 81.3 Å². The highest BCUT2D eigenvalue weighted by atomic mass is 16.5. The first kappa shape index (κ1) is 11.0. The van der Waals surface area contributed by atoms with Crippen molar-refractivity contribution in [2.45, 2.75) is 58.7 Å². The van der Waals surface area contributed by atoms with Crippen LogP contribution in [0.2, 0.25) is 0 Å². The predicted octanol–water partition coefficient (Wildman–Crippen LogP) is 2.35. The molecule has 0 amide bonds. The fourth-order valence-corrected chi connectivity index (χ4v) is 1.65. The summed E-state index contributed by atoms with van der Waals surface area (Å²) in [5.41, 5.74) is 0.0125. The second-order valence-corrected chi connectivity index (χ2v) is 5.09. The van der Waals surface area contributed by atoms with Gasteiger partial charge in [-0.3, -0.25) is 0 Å². The van der Waals surface area contributed by atoms with Gasteiger partial charge in [-0.2, -0.15) is 0 Å². The van der Waals surface area contributed by atoms with Gasteiger partial charge >= 0.3 is 0 Å². The number of hydrogen-bond donors (Lipinski definition) is 1. The van der Waals surface area contributed by atoms with Crippen LogP contribution in [-0.2, 0) is 4.74 Å². The second kappa shape index (κ2) is 4.43. The van der Waals surface area contributed by atoms with Crippen molar-refractivity contribution in [3.8, 4) is 0 Å². The Bertz CT molecular complexity index is 143. The minimum atomic E-state index is -0.198. The largest absolute Gasteiger partial charge is 0.393 e. The molecule has 1 aliphatic rings. The van der Waals surface area contributed by atoms with Crippen LogP contribution in [0.5, 0.6) is 0 Å². The fourth-order valence-electron chi connectivity index (χ4n) is 1.65. The van der Waals surface area contributed by atoms with Crippen LogP contribution in [0.1, 0.15) is 46.5 Å². The molecule has 1 saturated heterocycles. The summed E-state index contributed by atoms with van der Waals surface area (Å²) in [6.45, 7) is 7.14. The van der Waals surface area contributed by atoms with Crippen LogP contribution >= 0.6 is 0 Å². The van der Waals surface area contributed by atoms with E-state index in [-0.39, 0.29) is 11.5 Å². The number of ether oxygens (including phenoxy) is 1. The van der Waals surface area contributed by atoms with E-state index in [1.54, 1.807) is 0 Å². The molecule has 0 aliphatic carbocycles. The van der Waals surface area contributed by atoms with Crippen molar-refractivity contribution in [3.05, 3.63) is 0 Å². The van der Waals surface area contributed by atoms with E-state index in [9.17, 15) is 5.11 Å². The Balaban J connectivity index is 2.17. The van der Waals surface area contributed by atoms with E-state index in [0.29, 0.717) is 6.10 Å². The molecule has 1 fully saturated rings. The van der Waals surface area contributed by atoms with E-state index >= 15 is 0 Å². The number of aliphatic hydroxyl groups excluding tert-OH is 1. The van der Waals surface area contributed by atoms with Crippen molar-refractivity contribution in [2.75, 3.05) is 6.61 Å². The molecule has 2 heteroatoms. The molecule has 0 spiro atoms. The zero-order valence-electron chi connectivity index (χ0n) is 9.05. The SMILES string of the molecule is CC(C)(C)C(O)CCC1CCCO1. The van der Waals surface area contributed by atoms with Crippen LogP contribution in [0.15, 0.2) is 0 Å². The molecule has 13 heavy (non-hydrogen) atoms. The highest BCUT2D eigenvalue weighted by molar-refractivity contribution is 4.75. The third-order valence-electron chi connectivity index (χ3n) is 2.79. The summed E-state index contributed by atoms with van der Waals surface area (Å²) in [6.07, 6.45) is 4.47. The molecular weight excluding hydrogens is 164 g/mol. The Morgan fingerprint density at radius 2 is 2.15 bits per heavy atom. The lowest BCUT2D eigenvalue weighted by Gasteiger charge is -2.26. The van der Waals surface area contributed by atoms with Crippen LogP contribution in [0.3, 0.4) is 0 Å². The summed E-state index contributed by atoms with van der Waals surface area (Å²) in [7, 11) is 0. The average Bonchev–Trinajstić information content (AvgIpc) is 2.50. The average molecular weight is 186 g/mol. The summed E-state index contributed by atoms with van der Waals surface area (Å²) in [5, 5.41) is 9.79. The van der Waals surface area contributed by atoms with Crippen molar-refractivity contribution in [3.63, 3.8) is 0 Å². The van der Waals surface area contributed by atoms with Gasteiger partial charge in [0.25, 0.3) is 0 Å². The minimum absolute atomic E-state index is 0.0125. The first-order valence-corrected chi connectivity index (χ1v) is 5.30. The van der Waals surface area contributed by atoms with Crippen LogP contribution in [0.25, 0.3) is 0 Å². The maximum absolute atomic E-state index is 9.79. The van der Waals surface area contributed by atoms with Gasteiger partial charge in [0.2, 0.25) is 0 Å². The molecule has 1 rings (SSSR count). The third-order valence-corrected chi connectivity index (χ3v) is 2.79. The number of aliphatic hydroxyl groups is 1. The summed E-state index contributed by atoms with van der Waals surface area (Å²) in [5.74, 6) is 0. The normalized spacial score (nSPS) is 26.3. The smallest absolute Gasteiger partial charge is 0.0589 e. The van der Waals surface area contributed by atoms with Gasteiger partial charge in [-0.05, 0) is 31.1 Å². The lowest BCUT2D eigenvalue weighted by Crippen LogP contribution is -2.27. The predicted molar refractivity (Wildman–Crippen MR) is 53.7 cm³/mol. The standard InChI is InChI=1S/C11H22O2/c1-11(2,3)10(12)7-6-9-5-4-8-13-9/h9-10,12H,4-8H2,1-3H3. The van der Waals surface area contributed by atoms with E-state index in [1.165, 1.54) is 12.8 Å². The van der Waals surface area contributed by atoms with Crippen LogP contribution < -0.4 is 0 Å². The zero-order chi connectivity index (χ0) is 9.90. The Kier molecular flexibility index (Phi) is 3.74. The van der Waals surface area contributed by atoms with Gasteiger partial charge in [0.15, 0.2) is 0 Å². The second-order valence-electron chi connectivity index (χ2n) is 5.09. The van der Waals surface area contributed by atoms with E-state index < -0.39 is 0 Å². The number of hydrogen-bond acceptors (Lipinski definition) is 2. The molecule has 2 atom stereocenters. The molecule has 0 radical (unpaired) electrons. The van der Waals surface area contributed by atoms with E-state index in [0.717, 1.165) is 19.4 Å². The van der Waals surface area contributed by atoms with Gasteiger partial charge in [-0.25, -0.2) is 0 Å². The quantitative estimate of drug-likeness (QED) is 0.733.